The molecule has 1 heterocycles. The molecule has 4 heteroatoms. The molecular formula is C12H24N2O2. The molecule has 0 aliphatic carbocycles. The Morgan fingerprint density at radius 3 is 2.69 bits per heavy atom. The van der Waals surface area contributed by atoms with Crippen LogP contribution in [0.25, 0.3) is 0 Å². The van der Waals surface area contributed by atoms with Crippen LogP contribution in [0.1, 0.15) is 46.5 Å². The quantitative estimate of drug-likeness (QED) is 0.712. The molecule has 0 aromatic heterocycles. The first-order valence-corrected chi connectivity index (χ1v) is 6.10. The summed E-state index contributed by atoms with van der Waals surface area (Å²) in [6.45, 7) is 6.61. The van der Waals surface area contributed by atoms with Gasteiger partial charge in [-0.3, -0.25) is 4.79 Å². The Hall–Kier alpha value is -0.610. The van der Waals surface area contributed by atoms with Gasteiger partial charge in [0, 0.05) is 6.04 Å². The number of carbonyl (C=O) groups is 1. The van der Waals surface area contributed by atoms with E-state index in [9.17, 15) is 4.79 Å². The molecule has 3 N–H and O–H groups in total. The molecule has 2 atom stereocenters. The van der Waals surface area contributed by atoms with Gasteiger partial charge >= 0.3 is 5.97 Å². The zero-order valence-corrected chi connectivity index (χ0v) is 10.6. The Labute approximate surface area is 97.9 Å². The lowest BCUT2D eigenvalue weighted by molar-refractivity contribution is -0.156. The van der Waals surface area contributed by atoms with Gasteiger partial charge in [-0.25, -0.2) is 0 Å². The Morgan fingerprint density at radius 1 is 1.50 bits per heavy atom. The summed E-state index contributed by atoms with van der Waals surface area (Å²) in [4.78, 5) is 11.7. The van der Waals surface area contributed by atoms with Crippen LogP contribution in [0, 0.1) is 0 Å². The summed E-state index contributed by atoms with van der Waals surface area (Å²) in [5.41, 5.74) is 5.39. The molecular weight excluding hydrogens is 204 g/mol. The summed E-state index contributed by atoms with van der Waals surface area (Å²) in [6, 6.07) is -0.133. The number of ether oxygens (including phenoxy) is 1. The van der Waals surface area contributed by atoms with Gasteiger partial charge in [0.15, 0.2) is 0 Å². The monoisotopic (exact) mass is 228 g/mol. The molecule has 1 aliphatic rings. The van der Waals surface area contributed by atoms with Crippen molar-refractivity contribution < 1.29 is 9.53 Å². The van der Waals surface area contributed by atoms with E-state index in [0.29, 0.717) is 12.5 Å². The van der Waals surface area contributed by atoms with E-state index in [-0.39, 0.29) is 5.97 Å². The van der Waals surface area contributed by atoms with Crippen LogP contribution in [0.5, 0.6) is 0 Å². The molecule has 0 spiro atoms. The van der Waals surface area contributed by atoms with E-state index in [1.165, 1.54) is 12.8 Å². The largest absolute Gasteiger partial charge is 0.459 e. The summed E-state index contributed by atoms with van der Waals surface area (Å²) in [7, 11) is 0. The minimum absolute atomic E-state index is 0.292. The summed E-state index contributed by atoms with van der Waals surface area (Å²) >= 11 is 0. The number of piperidine rings is 1. The Kier molecular flexibility index (Phi) is 4.74. The molecule has 0 saturated carbocycles. The van der Waals surface area contributed by atoms with Crippen molar-refractivity contribution in [1.82, 2.24) is 5.32 Å². The van der Waals surface area contributed by atoms with Gasteiger partial charge in [0.2, 0.25) is 0 Å². The summed E-state index contributed by atoms with van der Waals surface area (Å²) in [5.74, 6) is -0.292. The van der Waals surface area contributed by atoms with E-state index in [0.717, 1.165) is 13.0 Å². The molecule has 16 heavy (non-hydrogen) atoms. The van der Waals surface area contributed by atoms with E-state index in [1.807, 2.05) is 20.8 Å². The van der Waals surface area contributed by atoms with Crippen molar-refractivity contribution in [2.75, 3.05) is 6.54 Å². The number of hydrogen-bond donors (Lipinski definition) is 2. The number of esters is 1. The van der Waals surface area contributed by atoms with Crippen molar-refractivity contribution in [3.05, 3.63) is 0 Å². The van der Waals surface area contributed by atoms with Crippen LogP contribution in [0.15, 0.2) is 0 Å². The summed E-state index contributed by atoms with van der Waals surface area (Å²) in [6.07, 6.45) is 4.22. The molecule has 4 nitrogen and oxygen atoms in total. The van der Waals surface area contributed by atoms with Gasteiger partial charge in [0.05, 0.1) is 0 Å². The van der Waals surface area contributed by atoms with Crippen LogP contribution in [0.2, 0.25) is 0 Å². The predicted molar refractivity (Wildman–Crippen MR) is 64.1 cm³/mol. The highest BCUT2D eigenvalue weighted by molar-refractivity contribution is 5.75. The number of rotatable bonds is 3. The van der Waals surface area contributed by atoms with Crippen molar-refractivity contribution in [2.24, 2.45) is 5.73 Å². The van der Waals surface area contributed by atoms with Gasteiger partial charge in [0.25, 0.3) is 0 Å². The van der Waals surface area contributed by atoms with Crippen LogP contribution < -0.4 is 11.1 Å². The zero-order chi connectivity index (χ0) is 12.2. The second kappa shape index (κ2) is 5.64. The predicted octanol–water partition coefficient (Wildman–Crippen LogP) is 1.19. The lowest BCUT2D eigenvalue weighted by atomic mass is 9.98. The third-order valence-corrected chi connectivity index (χ3v) is 2.66. The van der Waals surface area contributed by atoms with E-state index in [4.69, 9.17) is 10.5 Å². The van der Waals surface area contributed by atoms with Gasteiger partial charge in [-0.1, -0.05) is 6.42 Å². The van der Waals surface area contributed by atoms with Crippen LogP contribution in [0.4, 0.5) is 0 Å². The maximum absolute atomic E-state index is 11.7. The first-order chi connectivity index (χ1) is 7.38. The van der Waals surface area contributed by atoms with Gasteiger partial charge in [-0.2, -0.15) is 0 Å². The highest BCUT2D eigenvalue weighted by Crippen LogP contribution is 2.14. The average Bonchev–Trinajstić information content (AvgIpc) is 2.16. The molecule has 1 fully saturated rings. The first-order valence-electron chi connectivity index (χ1n) is 6.10. The number of nitrogens with one attached hydrogen (secondary N) is 1. The summed E-state index contributed by atoms with van der Waals surface area (Å²) in [5, 5.41) is 3.38. The zero-order valence-electron chi connectivity index (χ0n) is 10.6. The van der Waals surface area contributed by atoms with Crippen molar-refractivity contribution >= 4 is 5.97 Å². The SMILES string of the molecule is CC(C)(C)OC(=O)[C@@H](N)C[C@H]1CCCCN1. The van der Waals surface area contributed by atoms with Gasteiger partial charge in [-0.05, 0) is 46.6 Å². The first kappa shape index (κ1) is 13.5. The standard InChI is InChI=1S/C12H24N2O2/c1-12(2,3)16-11(15)10(13)8-9-6-4-5-7-14-9/h9-10,14H,4-8,13H2,1-3H3/t9-,10+/m1/s1. The molecule has 0 bridgehead atoms. The van der Waals surface area contributed by atoms with Crippen LogP contribution >= 0.6 is 0 Å². The van der Waals surface area contributed by atoms with E-state index in [1.54, 1.807) is 0 Å². The highest BCUT2D eigenvalue weighted by Gasteiger charge is 2.25. The van der Waals surface area contributed by atoms with Gasteiger partial charge in [-0.15, -0.1) is 0 Å². The second-order valence-corrected chi connectivity index (χ2v) is 5.52. The van der Waals surface area contributed by atoms with E-state index in [2.05, 4.69) is 5.32 Å². The molecule has 94 valence electrons. The molecule has 0 aromatic carbocycles. The minimum atomic E-state index is -0.505. The second-order valence-electron chi connectivity index (χ2n) is 5.52. The van der Waals surface area contributed by atoms with Gasteiger partial charge < -0.3 is 15.8 Å². The van der Waals surface area contributed by atoms with Gasteiger partial charge in [0.1, 0.15) is 11.6 Å². The van der Waals surface area contributed by atoms with Crippen molar-refractivity contribution in [3.63, 3.8) is 0 Å². The molecule has 1 saturated heterocycles. The molecule has 0 radical (unpaired) electrons. The van der Waals surface area contributed by atoms with Crippen LogP contribution in [-0.4, -0.2) is 30.2 Å². The topological polar surface area (TPSA) is 64.3 Å². The lowest BCUT2D eigenvalue weighted by Crippen LogP contribution is -2.44. The smallest absolute Gasteiger partial charge is 0.323 e. The number of carbonyl (C=O) groups excluding carboxylic acids is 1. The molecule has 0 unspecified atom stereocenters. The van der Waals surface area contributed by atoms with Crippen molar-refractivity contribution in [3.8, 4) is 0 Å². The number of nitrogens with two attached hydrogens (primary N) is 1. The third kappa shape index (κ3) is 4.94. The lowest BCUT2D eigenvalue weighted by Gasteiger charge is -2.27. The third-order valence-electron chi connectivity index (χ3n) is 2.66. The maximum Gasteiger partial charge on any atom is 0.323 e. The fourth-order valence-corrected chi connectivity index (χ4v) is 1.91. The normalized spacial score (nSPS) is 23.9. The fraction of sp³-hybridized carbons (Fsp3) is 0.917. The van der Waals surface area contributed by atoms with Crippen LogP contribution in [0.3, 0.4) is 0 Å². The molecule has 0 amide bonds. The summed E-state index contributed by atoms with van der Waals surface area (Å²) < 4.78 is 5.25. The fourth-order valence-electron chi connectivity index (χ4n) is 1.91. The Bertz CT molecular complexity index is 230. The molecule has 0 aromatic rings. The highest BCUT2D eigenvalue weighted by atomic mass is 16.6. The van der Waals surface area contributed by atoms with Crippen molar-refractivity contribution in [2.45, 2.75) is 64.1 Å². The number of hydrogen-bond acceptors (Lipinski definition) is 4. The molecule has 1 rings (SSSR count). The van der Waals surface area contributed by atoms with Crippen LogP contribution in [-0.2, 0) is 9.53 Å². The van der Waals surface area contributed by atoms with Crippen molar-refractivity contribution in [1.29, 1.82) is 0 Å². The van der Waals surface area contributed by atoms with E-state index >= 15 is 0 Å². The maximum atomic E-state index is 11.7. The minimum Gasteiger partial charge on any atom is -0.459 e. The Morgan fingerprint density at radius 2 is 2.19 bits per heavy atom. The Balaban J connectivity index is 2.33. The average molecular weight is 228 g/mol. The molecule has 1 aliphatic heterocycles. The van der Waals surface area contributed by atoms with E-state index < -0.39 is 11.6 Å².